The number of carbonyl (C=O) groups is 2. The minimum atomic E-state index is -0.857. The first-order valence-corrected chi connectivity index (χ1v) is 5.23. The highest BCUT2D eigenvalue weighted by atomic mass is 16.4. The average molecular weight is 213 g/mol. The second-order valence-corrected chi connectivity index (χ2v) is 5.20. The molecule has 1 saturated carbocycles. The molecule has 1 aliphatic carbocycles. The van der Waals surface area contributed by atoms with Crippen molar-refractivity contribution in [3.8, 4) is 0 Å². The first-order chi connectivity index (χ1) is 6.75. The first kappa shape index (κ1) is 12.0. The Kier molecular flexibility index (Phi) is 3.07. The molecule has 0 bridgehead atoms. The molecule has 0 aliphatic heterocycles. The van der Waals surface area contributed by atoms with Gasteiger partial charge in [0, 0.05) is 19.5 Å². The van der Waals surface area contributed by atoms with Gasteiger partial charge >= 0.3 is 5.97 Å². The first-order valence-electron chi connectivity index (χ1n) is 5.23. The minimum absolute atomic E-state index is 0.0769. The van der Waals surface area contributed by atoms with Crippen molar-refractivity contribution in [3.05, 3.63) is 0 Å². The van der Waals surface area contributed by atoms with Gasteiger partial charge in [0.15, 0.2) is 0 Å². The van der Waals surface area contributed by atoms with Crippen LogP contribution in [-0.4, -0.2) is 35.5 Å². The molecular formula is C11H19NO3. The molecule has 1 fully saturated rings. The van der Waals surface area contributed by atoms with Crippen LogP contribution in [-0.2, 0) is 9.59 Å². The Morgan fingerprint density at radius 3 is 2.33 bits per heavy atom. The van der Waals surface area contributed by atoms with Gasteiger partial charge in [0.25, 0.3) is 0 Å². The van der Waals surface area contributed by atoms with Gasteiger partial charge in [-0.1, -0.05) is 20.8 Å². The number of carboxylic acids is 1. The van der Waals surface area contributed by atoms with Crippen LogP contribution in [0.25, 0.3) is 0 Å². The number of carboxylic acid groups (broad SMARTS) is 1. The lowest BCUT2D eigenvalue weighted by atomic mass is 10.1. The molecule has 1 N–H and O–H groups in total. The standard InChI is InChI=1S/C11H19NO3/c1-7(10(14)15)6-12(4)9(13)8-5-11(8,2)3/h7-8H,5-6H2,1-4H3,(H,14,15). The lowest BCUT2D eigenvalue weighted by Crippen LogP contribution is -2.35. The maximum Gasteiger partial charge on any atom is 0.308 e. The minimum Gasteiger partial charge on any atom is -0.481 e. The van der Waals surface area contributed by atoms with Crippen molar-refractivity contribution in [1.29, 1.82) is 0 Å². The highest BCUT2D eigenvalue weighted by Gasteiger charge is 2.51. The molecule has 0 aromatic rings. The molecule has 0 saturated heterocycles. The number of rotatable bonds is 4. The Hall–Kier alpha value is -1.06. The van der Waals surface area contributed by atoms with Gasteiger partial charge in [-0.15, -0.1) is 0 Å². The van der Waals surface area contributed by atoms with Gasteiger partial charge in [-0.3, -0.25) is 9.59 Å². The van der Waals surface area contributed by atoms with Gasteiger partial charge in [-0.25, -0.2) is 0 Å². The van der Waals surface area contributed by atoms with Crippen LogP contribution in [0, 0.1) is 17.3 Å². The molecule has 4 heteroatoms. The molecule has 0 aromatic carbocycles. The Bertz CT molecular complexity index is 286. The molecule has 1 rings (SSSR count). The van der Waals surface area contributed by atoms with Crippen LogP contribution in [0.2, 0.25) is 0 Å². The van der Waals surface area contributed by atoms with Gasteiger partial charge in [-0.05, 0) is 11.8 Å². The van der Waals surface area contributed by atoms with Crippen molar-refractivity contribution in [3.63, 3.8) is 0 Å². The molecule has 4 nitrogen and oxygen atoms in total. The largest absolute Gasteiger partial charge is 0.481 e. The molecule has 0 heterocycles. The van der Waals surface area contributed by atoms with Crippen LogP contribution in [0.15, 0.2) is 0 Å². The molecule has 0 radical (unpaired) electrons. The summed E-state index contributed by atoms with van der Waals surface area (Å²) >= 11 is 0. The number of nitrogens with zero attached hydrogens (tertiary/aromatic N) is 1. The topological polar surface area (TPSA) is 57.6 Å². The third-order valence-electron chi connectivity index (χ3n) is 3.16. The van der Waals surface area contributed by atoms with Crippen LogP contribution in [0.3, 0.4) is 0 Å². The van der Waals surface area contributed by atoms with E-state index in [1.165, 1.54) is 4.90 Å². The van der Waals surface area contributed by atoms with E-state index in [1.54, 1.807) is 14.0 Å². The zero-order valence-corrected chi connectivity index (χ0v) is 9.78. The van der Waals surface area contributed by atoms with Gasteiger partial charge in [0.05, 0.1) is 5.92 Å². The second kappa shape index (κ2) is 3.83. The third-order valence-corrected chi connectivity index (χ3v) is 3.16. The van der Waals surface area contributed by atoms with E-state index in [2.05, 4.69) is 13.8 Å². The molecular weight excluding hydrogens is 194 g/mol. The maximum absolute atomic E-state index is 11.8. The molecule has 1 amide bonds. The fourth-order valence-electron chi connectivity index (χ4n) is 1.73. The van der Waals surface area contributed by atoms with Crippen molar-refractivity contribution in [2.75, 3.05) is 13.6 Å². The number of amides is 1. The molecule has 2 unspecified atom stereocenters. The number of hydrogen-bond acceptors (Lipinski definition) is 2. The van der Waals surface area contributed by atoms with Crippen molar-refractivity contribution < 1.29 is 14.7 Å². The summed E-state index contributed by atoms with van der Waals surface area (Å²) in [6.07, 6.45) is 0.914. The zero-order valence-electron chi connectivity index (χ0n) is 9.78. The van der Waals surface area contributed by atoms with E-state index in [9.17, 15) is 9.59 Å². The Morgan fingerprint density at radius 1 is 1.53 bits per heavy atom. The maximum atomic E-state index is 11.8. The van der Waals surface area contributed by atoms with Crippen LogP contribution in [0.4, 0.5) is 0 Å². The van der Waals surface area contributed by atoms with Crippen LogP contribution >= 0.6 is 0 Å². The predicted molar refractivity (Wildman–Crippen MR) is 56.3 cm³/mol. The number of aliphatic carboxylic acids is 1. The summed E-state index contributed by atoms with van der Waals surface area (Å²) in [6, 6.07) is 0. The Morgan fingerprint density at radius 2 is 2.00 bits per heavy atom. The van der Waals surface area contributed by atoms with Gasteiger partial charge in [-0.2, -0.15) is 0 Å². The monoisotopic (exact) mass is 213 g/mol. The summed E-state index contributed by atoms with van der Waals surface area (Å²) < 4.78 is 0. The van der Waals surface area contributed by atoms with Gasteiger partial charge < -0.3 is 10.0 Å². The fourth-order valence-corrected chi connectivity index (χ4v) is 1.73. The summed E-state index contributed by atoms with van der Waals surface area (Å²) in [4.78, 5) is 24.0. The second-order valence-electron chi connectivity index (χ2n) is 5.20. The van der Waals surface area contributed by atoms with Gasteiger partial charge in [0.2, 0.25) is 5.91 Å². The average Bonchev–Trinajstić information content (AvgIpc) is 2.73. The van der Waals surface area contributed by atoms with Crippen molar-refractivity contribution in [2.45, 2.75) is 27.2 Å². The molecule has 15 heavy (non-hydrogen) atoms. The van der Waals surface area contributed by atoms with Gasteiger partial charge in [0.1, 0.15) is 0 Å². The van der Waals surface area contributed by atoms with E-state index in [-0.39, 0.29) is 17.2 Å². The highest BCUT2D eigenvalue weighted by Crippen LogP contribution is 2.52. The Balaban J connectivity index is 2.45. The predicted octanol–water partition coefficient (Wildman–Crippen LogP) is 1.21. The molecule has 0 aromatic heterocycles. The summed E-state index contributed by atoms with van der Waals surface area (Å²) in [6.45, 7) is 6.03. The lowest BCUT2D eigenvalue weighted by molar-refractivity contribution is -0.143. The normalized spacial score (nSPS) is 24.4. The van der Waals surface area contributed by atoms with E-state index in [1.807, 2.05) is 0 Å². The Labute approximate surface area is 90.3 Å². The van der Waals surface area contributed by atoms with E-state index >= 15 is 0 Å². The van der Waals surface area contributed by atoms with E-state index in [0.29, 0.717) is 6.54 Å². The van der Waals surface area contributed by atoms with E-state index in [0.717, 1.165) is 6.42 Å². The zero-order chi connectivity index (χ0) is 11.8. The summed E-state index contributed by atoms with van der Waals surface area (Å²) in [5.74, 6) is -1.19. The third kappa shape index (κ3) is 2.70. The quantitative estimate of drug-likeness (QED) is 0.763. The highest BCUT2D eigenvalue weighted by molar-refractivity contribution is 5.82. The lowest BCUT2D eigenvalue weighted by Gasteiger charge is -2.20. The molecule has 1 aliphatic rings. The molecule has 86 valence electrons. The van der Waals surface area contributed by atoms with E-state index in [4.69, 9.17) is 5.11 Å². The SMILES string of the molecule is CC(CN(C)C(=O)C1CC1(C)C)C(=O)O. The molecule has 2 atom stereocenters. The van der Waals surface area contributed by atoms with Crippen LogP contribution in [0.1, 0.15) is 27.2 Å². The van der Waals surface area contributed by atoms with Crippen molar-refractivity contribution >= 4 is 11.9 Å². The van der Waals surface area contributed by atoms with E-state index < -0.39 is 11.9 Å². The number of hydrogen-bond donors (Lipinski definition) is 1. The summed E-state index contributed by atoms with van der Waals surface area (Å²) in [5.41, 5.74) is 0.109. The smallest absolute Gasteiger partial charge is 0.308 e. The van der Waals surface area contributed by atoms with Crippen molar-refractivity contribution in [1.82, 2.24) is 4.90 Å². The molecule has 0 spiro atoms. The van der Waals surface area contributed by atoms with Crippen molar-refractivity contribution in [2.24, 2.45) is 17.3 Å². The van der Waals surface area contributed by atoms with Crippen LogP contribution in [0.5, 0.6) is 0 Å². The summed E-state index contributed by atoms with van der Waals surface area (Å²) in [7, 11) is 1.68. The van der Waals surface area contributed by atoms with Crippen LogP contribution < -0.4 is 0 Å². The fraction of sp³-hybridized carbons (Fsp3) is 0.818. The number of carbonyl (C=O) groups excluding carboxylic acids is 1. The summed E-state index contributed by atoms with van der Waals surface area (Å²) in [5, 5.41) is 8.73.